The van der Waals surface area contributed by atoms with Crippen molar-refractivity contribution in [3.63, 3.8) is 0 Å². The summed E-state index contributed by atoms with van der Waals surface area (Å²) in [6.07, 6.45) is 8.22. The van der Waals surface area contributed by atoms with Crippen molar-refractivity contribution in [1.82, 2.24) is 5.32 Å². The molecule has 1 unspecified atom stereocenters. The molecule has 0 spiro atoms. The Bertz CT molecular complexity index is 379. The van der Waals surface area contributed by atoms with Crippen LogP contribution in [0.3, 0.4) is 0 Å². The smallest absolute Gasteiger partial charge is 0.123 e. The van der Waals surface area contributed by atoms with Gasteiger partial charge >= 0.3 is 0 Å². The van der Waals surface area contributed by atoms with E-state index in [1.165, 1.54) is 44.1 Å². The molecule has 18 heavy (non-hydrogen) atoms. The lowest BCUT2D eigenvalue weighted by Gasteiger charge is -2.27. The summed E-state index contributed by atoms with van der Waals surface area (Å²) < 4.78 is 13.0. The molecule has 0 amide bonds. The second-order valence-corrected chi connectivity index (χ2v) is 5.91. The summed E-state index contributed by atoms with van der Waals surface area (Å²) in [5, 5.41) is 3.69. The first-order valence-electron chi connectivity index (χ1n) is 7.32. The van der Waals surface area contributed by atoms with Gasteiger partial charge in [-0.15, -0.1) is 0 Å². The Labute approximate surface area is 109 Å². The number of hydrogen-bond acceptors (Lipinski definition) is 1. The zero-order valence-electron chi connectivity index (χ0n) is 10.9. The molecule has 1 N–H and O–H groups in total. The second-order valence-electron chi connectivity index (χ2n) is 5.91. The maximum Gasteiger partial charge on any atom is 0.123 e. The maximum atomic E-state index is 13.0. The standard InChI is InChI=1S/C16H22FN/c17-15-8-6-14(7-9-15)16(13-4-5-13)18-11-10-12-2-1-3-12/h6-9,12-13,16,18H,1-5,10-11H2. The van der Waals surface area contributed by atoms with Crippen LogP contribution < -0.4 is 5.32 Å². The molecule has 2 fully saturated rings. The lowest BCUT2D eigenvalue weighted by atomic mass is 9.83. The van der Waals surface area contributed by atoms with Gasteiger partial charge in [0.25, 0.3) is 0 Å². The fourth-order valence-corrected chi connectivity index (χ4v) is 2.88. The minimum atomic E-state index is -0.136. The van der Waals surface area contributed by atoms with Gasteiger partial charge in [-0.2, -0.15) is 0 Å². The highest BCUT2D eigenvalue weighted by Crippen LogP contribution is 2.41. The third-order valence-electron chi connectivity index (χ3n) is 4.46. The van der Waals surface area contributed by atoms with E-state index in [2.05, 4.69) is 5.32 Å². The van der Waals surface area contributed by atoms with Crippen molar-refractivity contribution in [1.29, 1.82) is 0 Å². The van der Waals surface area contributed by atoms with Crippen molar-refractivity contribution in [2.24, 2.45) is 11.8 Å². The van der Waals surface area contributed by atoms with Crippen molar-refractivity contribution in [2.45, 2.75) is 44.6 Å². The molecule has 2 aliphatic carbocycles. The second kappa shape index (κ2) is 5.40. The molecule has 0 aromatic heterocycles. The molecule has 0 radical (unpaired) electrons. The van der Waals surface area contributed by atoms with Gasteiger partial charge in [0.1, 0.15) is 5.82 Å². The van der Waals surface area contributed by atoms with Crippen LogP contribution >= 0.6 is 0 Å². The summed E-state index contributed by atoms with van der Waals surface area (Å²) in [5.41, 5.74) is 1.26. The van der Waals surface area contributed by atoms with Crippen molar-refractivity contribution in [3.8, 4) is 0 Å². The van der Waals surface area contributed by atoms with Crippen molar-refractivity contribution >= 4 is 0 Å². The molecule has 3 rings (SSSR count). The predicted octanol–water partition coefficient (Wildman–Crippen LogP) is 4.06. The lowest BCUT2D eigenvalue weighted by Crippen LogP contribution is -2.27. The number of nitrogens with one attached hydrogen (secondary N) is 1. The van der Waals surface area contributed by atoms with E-state index in [9.17, 15) is 4.39 Å². The van der Waals surface area contributed by atoms with E-state index in [-0.39, 0.29) is 5.82 Å². The highest BCUT2D eigenvalue weighted by atomic mass is 19.1. The highest BCUT2D eigenvalue weighted by Gasteiger charge is 2.32. The van der Waals surface area contributed by atoms with Crippen LogP contribution in [0, 0.1) is 17.7 Å². The van der Waals surface area contributed by atoms with Gasteiger partial charge in [-0.3, -0.25) is 0 Å². The molecule has 2 saturated carbocycles. The van der Waals surface area contributed by atoms with Crippen LogP contribution in [0.25, 0.3) is 0 Å². The fraction of sp³-hybridized carbons (Fsp3) is 0.625. The molecule has 0 heterocycles. The van der Waals surface area contributed by atoms with E-state index in [0.717, 1.165) is 18.4 Å². The first-order chi connectivity index (χ1) is 8.83. The zero-order valence-corrected chi connectivity index (χ0v) is 10.9. The van der Waals surface area contributed by atoms with Crippen LogP contribution in [-0.4, -0.2) is 6.54 Å². The quantitative estimate of drug-likeness (QED) is 0.799. The summed E-state index contributed by atoms with van der Waals surface area (Å²) in [6.45, 7) is 1.11. The van der Waals surface area contributed by atoms with Crippen molar-refractivity contribution < 1.29 is 4.39 Å². The van der Waals surface area contributed by atoms with E-state index in [0.29, 0.717) is 6.04 Å². The summed E-state index contributed by atoms with van der Waals surface area (Å²) in [4.78, 5) is 0. The largest absolute Gasteiger partial charge is 0.310 e. The third-order valence-corrected chi connectivity index (χ3v) is 4.46. The van der Waals surface area contributed by atoms with Gasteiger partial charge in [-0.05, 0) is 55.3 Å². The third kappa shape index (κ3) is 2.92. The molecule has 98 valence electrons. The molecule has 1 atom stereocenters. The van der Waals surface area contributed by atoms with E-state index < -0.39 is 0 Å². The fourth-order valence-electron chi connectivity index (χ4n) is 2.88. The monoisotopic (exact) mass is 247 g/mol. The first-order valence-corrected chi connectivity index (χ1v) is 7.32. The summed E-state index contributed by atoms with van der Waals surface area (Å²) in [7, 11) is 0. The van der Waals surface area contributed by atoms with Crippen LogP contribution in [0.1, 0.15) is 50.1 Å². The Morgan fingerprint density at radius 1 is 1.11 bits per heavy atom. The van der Waals surface area contributed by atoms with Crippen LogP contribution in [0.2, 0.25) is 0 Å². The molecular weight excluding hydrogens is 225 g/mol. The van der Waals surface area contributed by atoms with Gasteiger partial charge in [0, 0.05) is 6.04 Å². The Hall–Kier alpha value is -0.890. The van der Waals surface area contributed by atoms with E-state index in [1.54, 1.807) is 12.1 Å². The number of rotatable bonds is 6. The summed E-state index contributed by atoms with van der Waals surface area (Å²) >= 11 is 0. The van der Waals surface area contributed by atoms with Crippen molar-refractivity contribution in [2.75, 3.05) is 6.54 Å². The molecule has 0 bridgehead atoms. The topological polar surface area (TPSA) is 12.0 Å². The van der Waals surface area contributed by atoms with Gasteiger partial charge < -0.3 is 5.32 Å². The molecule has 0 aliphatic heterocycles. The van der Waals surface area contributed by atoms with Crippen LogP contribution in [0.5, 0.6) is 0 Å². The van der Waals surface area contributed by atoms with Gasteiger partial charge in [0.2, 0.25) is 0 Å². The molecule has 2 aliphatic rings. The molecule has 1 nitrogen and oxygen atoms in total. The zero-order chi connectivity index (χ0) is 12.4. The summed E-state index contributed by atoms with van der Waals surface area (Å²) in [5.74, 6) is 1.60. The normalized spacial score (nSPS) is 21.6. The van der Waals surface area contributed by atoms with Gasteiger partial charge in [0.15, 0.2) is 0 Å². The van der Waals surface area contributed by atoms with E-state index in [4.69, 9.17) is 0 Å². The molecular formula is C16H22FN. The summed E-state index contributed by atoms with van der Waals surface area (Å²) in [6, 6.07) is 7.49. The highest BCUT2D eigenvalue weighted by molar-refractivity contribution is 5.22. The minimum absolute atomic E-state index is 0.136. The number of benzene rings is 1. The van der Waals surface area contributed by atoms with Crippen LogP contribution in [-0.2, 0) is 0 Å². The molecule has 2 heteroatoms. The van der Waals surface area contributed by atoms with Crippen LogP contribution in [0.4, 0.5) is 4.39 Å². The average Bonchev–Trinajstić information content (AvgIpc) is 3.13. The number of halogens is 1. The number of hydrogen-bond donors (Lipinski definition) is 1. The van der Waals surface area contributed by atoms with Gasteiger partial charge in [-0.1, -0.05) is 31.4 Å². The molecule has 0 saturated heterocycles. The minimum Gasteiger partial charge on any atom is -0.310 e. The Morgan fingerprint density at radius 3 is 2.39 bits per heavy atom. The molecule has 1 aromatic rings. The molecule has 1 aromatic carbocycles. The maximum absolute atomic E-state index is 13.0. The predicted molar refractivity (Wildman–Crippen MR) is 71.8 cm³/mol. The Kier molecular flexibility index (Phi) is 3.64. The Balaban J connectivity index is 1.55. The van der Waals surface area contributed by atoms with Gasteiger partial charge in [-0.25, -0.2) is 4.39 Å². The lowest BCUT2D eigenvalue weighted by molar-refractivity contribution is 0.285. The first kappa shape index (κ1) is 12.2. The van der Waals surface area contributed by atoms with Crippen molar-refractivity contribution in [3.05, 3.63) is 35.6 Å². The van der Waals surface area contributed by atoms with Gasteiger partial charge in [0.05, 0.1) is 0 Å². The SMILES string of the molecule is Fc1ccc(C(NCCC2CCC2)C2CC2)cc1. The average molecular weight is 247 g/mol. The van der Waals surface area contributed by atoms with Crippen LogP contribution in [0.15, 0.2) is 24.3 Å². The van der Waals surface area contributed by atoms with E-state index in [1.807, 2.05) is 12.1 Å². The van der Waals surface area contributed by atoms with E-state index >= 15 is 0 Å². The Morgan fingerprint density at radius 2 is 1.83 bits per heavy atom.